The van der Waals surface area contributed by atoms with E-state index in [-0.39, 0.29) is 0 Å². The fourth-order valence-electron chi connectivity index (χ4n) is 1.93. The molecule has 0 unspecified atom stereocenters. The Morgan fingerprint density at radius 2 is 2.06 bits per heavy atom. The van der Waals surface area contributed by atoms with Crippen LogP contribution in [-0.2, 0) is 13.0 Å². The second kappa shape index (κ2) is 6.10. The van der Waals surface area contributed by atoms with Gasteiger partial charge in [0.05, 0.1) is 24.2 Å². The summed E-state index contributed by atoms with van der Waals surface area (Å²) >= 11 is 0. The number of nitrogens with two attached hydrogens (primary N) is 1. The number of para-hydroxylation sites is 1. The highest BCUT2D eigenvalue weighted by Gasteiger charge is 2.05. The Bertz CT molecular complexity index is 479. The molecule has 0 radical (unpaired) electrons. The topological polar surface area (TPSA) is 53.1 Å². The molecule has 2 N–H and O–H groups in total. The number of aryl methyl sites for hydroxylation is 1. The summed E-state index contributed by atoms with van der Waals surface area (Å²) in [7, 11) is 0. The molecule has 0 aliphatic carbocycles. The highest BCUT2D eigenvalue weighted by atomic mass is 16.5. The van der Waals surface area contributed by atoms with Gasteiger partial charge in [0, 0.05) is 13.0 Å². The second-order valence-electron chi connectivity index (χ2n) is 4.14. The SMILES string of the molecule is CCc1c(N)cnn1CCCOc1ccccc1. The number of benzene rings is 1. The Labute approximate surface area is 107 Å². The van der Waals surface area contributed by atoms with Crippen LogP contribution < -0.4 is 10.5 Å². The van der Waals surface area contributed by atoms with E-state index in [1.165, 1.54) is 0 Å². The molecule has 0 fully saturated rings. The Balaban J connectivity index is 1.78. The Morgan fingerprint density at radius 3 is 2.78 bits per heavy atom. The molecule has 4 heteroatoms. The monoisotopic (exact) mass is 245 g/mol. The first-order valence-corrected chi connectivity index (χ1v) is 6.29. The van der Waals surface area contributed by atoms with Gasteiger partial charge in [0.15, 0.2) is 0 Å². The van der Waals surface area contributed by atoms with Gasteiger partial charge >= 0.3 is 0 Å². The van der Waals surface area contributed by atoms with Crippen LogP contribution in [0.25, 0.3) is 0 Å². The lowest BCUT2D eigenvalue weighted by Crippen LogP contribution is -2.09. The predicted octanol–water partition coefficient (Wildman–Crippen LogP) is 2.50. The average molecular weight is 245 g/mol. The minimum atomic E-state index is 0.687. The largest absolute Gasteiger partial charge is 0.494 e. The van der Waals surface area contributed by atoms with Crippen molar-refractivity contribution in [2.24, 2.45) is 0 Å². The summed E-state index contributed by atoms with van der Waals surface area (Å²) < 4.78 is 7.60. The fraction of sp³-hybridized carbons (Fsp3) is 0.357. The van der Waals surface area contributed by atoms with Crippen LogP contribution in [-0.4, -0.2) is 16.4 Å². The molecule has 0 atom stereocenters. The van der Waals surface area contributed by atoms with Crippen LogP contribution in [0.1, 0.15) is 19.0 Å². The van der Waals surface area contributed by atoms with Crippen molar-refractivity contribution in [3.63, 3.8) is 0 Å². The molecule has 18 heavy (non-hydrogen) atoms. The van der Waals surface area contributed by atoms with Crippen LogP contribution in [0.4, 0.5) is 5.69 Å². The normalized spacial score (nSPS) is 10.5. The van der Waals surface area contributed by atoms with E-state index in [2.05, 4.69) is 12.0 Å². The van der Waals surface area contributed by atoms with Gasteiger partial charge in [-0.25, -0.2) is 0 Å². The molecule has 1 heterocycles. The Morgan fingerprint density at radius 1 is 1.28 bits per heavy atom. The average Bonchev–Trinajstić information content (AvgIpc) is 2.76. The molecule has 0 amide bonds. The van der Waals surface area contributed by atoms with Gasteiger partial charge in [0.1, 0.15) is 5.75 Å². The molecule has 0 spiro atoms. The van der Waals surface area contributed by atoms with Gasteiger partial charge in [0.25, 0.3) is 0 Å². The van der Waals surface area contributed by atoms with Gasteiger partial charge in [0.2, 0.25) is 0 Å². The van der Waals surface area contributed by atoms with Crippen LogP contribution >= 0.6 is 0 Å². The number of hydrogen-bond acceptors (Lipinski definition) is 3. The van der Waals surface area contributed by atoms with Crippen molar-refractivity contribution in [3.05, 3.63) is 42.2 Å². The zero-order valence-electron chi connectivity index (χ0n) is 10.7. The smallest absolute Gasteiger partial charge is 0.119 e. The number of nitrogen functional groups attached to an aromatic ring is 1. The van der Waals surface area contributed by atoms with Crippen molar-refractivity contribution in [1.29, 1.82) is 0 Å². The summed E-state index contributed by atoms with van der Waals surface area (Å²) in [5.41, 5.74) is 7.72. The summed E-state index contributed by atoms with van der Waals surface area (Å²) in [6, 6.07) is 9.84. The van der Waals surface area contributed by atoms with Gasteiger partial charge < -0.3 is 10.5 Å². The number of anilines is 1. The second-order valence-corrected chi connectivity index (χ2v) is 4.14. The summed E-state index contributed by atoms with van der Waals surface area (Å²) in [6.07, 6.45) is 3.55. The first-order valence-electron chi connectivity index (χ1n) is 6.29. The van der Waals surface area contributed by atoms with Crippen LogP contribution in [0.5, 0.6) is 5.75 Å². The highest BCUT2D eigenvalue weighted by Crippen LogP contribution is 2.12. The van der Waals surface area contributed by atoms with Crippen molar-refractivity contribution in [3.8, 4) is 5.75 Å². The molecule has 0 aliphatic heterocycles. The van der Waals surface area contributed by atoms with Crippen molar-refractivity contribution < 1.29 is 4.74 Å². The number of aromatic nitrogens is 2. The molecule has 96 valence electrons. The maximum Gasteiger partial charge on any atom is 0.119 e. The van der Waals surface area contributed by atoms with Crippen molar-refractivity contribution in [2.75, 3.05) is 12.3 Å². The highest BCUT2D eigenvalue weighted by molar-refractivity contribution is 5.40. The van der Waals surface area contributed by atoms with Crippen molar-refractivity contribution >= 4 is 5.69 Å². The first-order chi connectivity index (χ1) is 8.81. The Hall–Kier alpha value is -1.97. The molecule has 1 aromatic carbocycles. The van der Waals surface area contributed by atoms with E-state index in [0.29, 0.717) is 6.61 Å². The quantitative estimate of drug-likeness (QED) is 0.795. The van der Waals surface area contributed by atoms with Gasteiger partial charge in [-0.2, -0.15) is 5.10 Å². The molecule has 4 nitrogen and oxygen atoms in total. The predicted molar refractivity (Wildman–Crippen MR) is 72.6 cm³/mol. The molecule has 1 aromatic heterocycles. The van der Waals surface area contributed by atoms with Crippen molar-refractivity contribution in [2.45, 2.75) is 26.3 Å². The standard InChI is InChI=1S/C14H19N3O/c1-2-14-13(15)11-16-17(14)9-6-10-18-12-7-4-3-5-8-12/h3-5,7-8,11H,2,6,9-10,15H2,1H3. The van der Waals surface area contributed by atoms with Gasteiger partial charge in [-0.3, -0.25) is 4.68 Å². The lowest BCUT2D eigenvalue weighted by Gasteiger charge is -2.08. The van der Waals surface area contributed by atoms with Crippen LogP contribution in [0.3, 0.4) is 0 Å². The number of ether oxygens (including phenoxy) is 1. The first kappa shape index (κ1) is 12.5. The summed E-state index contributed by atoms with van der Waals surface area (Å²) in [5.74, 6) is 0.910. The van der Waals surface area contributed by atoms with Crippen LogP contribution in [0.2, 0.25) is 0 Å². The number of nitrogens with zero attached hydrogens (tertiary/aromatic N) is 2. The molecule has 0 bridgehead atoms. The van der Waals surface area contributed by atoms with Gasteiger partial charge in [-0.15, -0.1) is 0 Å². The molecule has 0 saturated heterocycles. The summed E-state index contributed by atoms with van der Waals surface area (Å²) in [6.45, 7) is 3.62. The molecular formula is C14H19N3O. The third-order valence-electron chi connectivity index (χ3n) is 2.84. The van der Waals surface area contributed by atoms with Crippen LogP contribution in [0, 0.1) is 0 Å². The lowest BCUT2D eigenvalue weighted by molar-refractivity contribution is 0.297. The third kappa shape index (κ3) is 3.03. The summed E-state index contributed by atoms with van der Waals surface area (Å²) in [4.78, 5) is 0. The van der Waals surface area contributed by atoms with E-state index in [1.807, 2.05) is 35.0 Å². The van der Waals surface area contributed by atoms with Crippen LogP contribution in [0.15, 0.2) is 36.5 Å². The third-order valence-corrected chi connectivity index (χ3v) is 2.84. The number of hydrogen-bond donors (Lipinski definition) is 1. The van der Waals surface area contributed by atoms with E-state index < -0.39 is 0 Å². The van der Waals surface area contributed by atoms with E-state index in [9.17, 15) is 0 Å². The maximum atomic E-state index is 5.83. The van der Waals surface area contributed by atoms with Gasteiger partial charge in [-0.05, 0) is 18.6 Å². The molecule has 0 aliphatic rings. The maximum absolute atomic E-state index is 5.83. The molecular weight excluding hydrogens is 226 g/mol. The minimum Gasteiger partial charge on any atom is -0.494 e. The van der Waals surface area contributed by atoms with E-state index in [1.54, 1.807) is 6.20 Å². The zero-order valence-corrected chi connectivity index (χ0v) is 10.7. The zero-order chi connectivity index (χ0) is 12.8. The minimum absolute atomic E-state index is 0.687. The lowest BCUT2D eigenvalue weighted by atomic mass is 10.3. The molecule has 0 saturated carbocycles. The summed E-state index contributed by atoms with van der Waals surface area (Å²) in [5, 5.41) is 4.27. The Kier molecular flexibility index (Phi) is 4.23. The van der Waals surface area contributed by atoms with E-state index in [4.69, 9.17) is 10.5 Å². The molecule has 2 rings (SSSR count). The fourth-order valence-corrected chi connectivity index (χ4v) is 1.93. The van der Waals surface area contributed by atoms with E-state index >= 15 is 0 Å². The molecule has 2 aromatic rings. The van der Waals surface area contributed by atoms with Crippen molar-refractivity contribution in [1.82, 2.24) is 9.78 Å². The number of rotatable bonds is 6. The van der Waals surface area contributed by atoms with E-state index in [0.717, 1.165) is 36.5 Å². The van der Waals surface area contributed by atoms with Gasteiger partial charge in [-0.1, -0.05) is 25.1 Å².